The number of nitrogens with zero attached hydrogens (tertiary/aromatic N) is 4. The summed E-state index contributed by atoms with van der Waals surface area (Å²) in [6.07, 6.45) is 6.56. The number of anilines is 1. The van der Waals surface area contributed by atoms with Crippen LogP contribution in [0, 0.1) is 17.8 Å². The van der Waals surface area contributed by atoms with Crippen LogP contribution < -0.4 is 17.2 Å². The third-order valence-corrected chi connectivity index (χ3v) is 5.80. The second-order valence-corrected chi connectivity index (χ2v) is 8.35. The van der Waals surface area contributed by atoms with E-state index in [2.05, 4.69) is 33.3 Å². The summed E-state index contributed by atoms with van der Waals surface area (Å²) in [6.45, 7) is 8.64. The van der Waals surface area contributed by atoms with Crippen LogP contribution in [0.4, 0.5) is 5.82 Å². The van der Waals surface area contributed by atoms with E-state index in [0.29, 0.717) is 36.0 Å². The third kappa shape index (κ3) is 6.03. The molecule has 0 aliphatic carbocycles. The average Bonchev–Trinajstić information content (AvgIpc) is 2.79. The predicted octanol–water partition coefficient (Wildman–Crippen LogP) is 1.80. The number of pyridine rings is 1. The largest absolute Gasteiger partial charge is 0.401 e. The van der Waals surface area contributed by atoms with Crippen molar-refractivity contribution in [3.63, 3.8) is 0 Å². The Kier molecular flexibility index (Phi) is 7.77. The van der Waals surface area contributed by atoms with Crippen molar-refractivity contribution in [3.05, 3.63) is 47.6 Å². The molecule has 2 fully saturated rings. The highest BCUT2D eigenvalue weighted by molar-refractivity contribution is 6.03. The van der Waals surface area contributed by atoms with Gasteiger partial charge in [0.05, 0.1) is 5.57 Å². The van der Waals surface area contributed by atoms with Gasteiger partial charge in [-0.1, -0.05) is 18.4 Å². The number of nitrogens with two attached hydrogens (primary N) is 3. The number of rotatable bonds is 3. The molecule has 32 heavy (non-hydrogen) atoms. The number of allylic oxidation sites excluding steroid dienone is 1. The molecule has 3 heterocycles. The van der Waals surface area contributed by atoms with Gasteiger partial charge in [0, 0.05) is 49.6 Å². The van der Waals surface area contributed by atoms with Gasteiger partial charge in [-0.05, 0) is 51.2 Å². The molecule has 1 aromatic heterocycles. The van der Waals surface area contributed by atoms with Gasteiger partial charge in [-0.15, -0.1) is 0 Å². The fourth-order valence-corrected chi connectivity index (χ4v) is 4.08. The lowest BCUT2D eigenvalue weighted by atomic mass is 9.93. The van der Waals surface area contributed by atoms with Gasteiger partial charge >= 0.3 is 0 Å². The van der Waals surface area contributed by atoms with Crippen LogP contribution in [0.15, 0.2) is 47.0 Å². The maximum atomic E-state index is 12.9. The fourth-order valence-electron chi connectivity index (χ4n) is 4.08. The first kappa shape index (κ1) is 23.2. The first-order valence-corrected chi connectivity index (χ1v) is 11.1. The Bertz CT molecular complexity index is 950. The van der Waals surface area contributed by atoms with Gasteiger partial charge in [-0.25, -0.2) is 9.98 Å². The Hall–Kier alpha value is -3.47. The molecule has 0 atom stereocenters. The lowest BCUT2D eigenvalue weighted by molar-refractivity contribution is -0.137. The standard InChI is InChI=1S/C24H33N7O/c1-17(25)21(8-6-19-7-9-22(27)28-16-19)23(29-18(2)26)30-14-10-20(11-15-30)24(32)31-12-4-3-5-13-31/h7,9,16,20H,2-5,10-15,25-26H2,1H3,(H2,27,28)/b21-17-,29-23+. The molecule has 8 heteroatoms. The summed E-state index contributed by atoms with van der Waals surface area (Å²) in [5.74, 6) is 7.74. The molecule has 0 aromatic carbocycles. The van der Waals surface area contributed by atoms with Crippen LogP contribution in [0.25, 0.3) is 0 Å². The predicted molar refractivity (Wildman–Crippen MR) is 128 cm³/mol. The van der Waals surface area contributed by atoms with Gasteiger partial charge in [0.15, 0.2) is 0 Å². The van der Waals surface area contributed by atoms with E-state index in [1.165, 1.54) is 6.42 Å². The Labute approximate surface area is 190 Å². The molecule has 0 radical (unpaired) electrons. The van der Waals surface area contributed by atoms with Crippen LogP contribution in [0.1, 0.15) is 44.6 Å². The number of hydrogen-bond acceptors (Lipinski definition) is 6. The van der Waals surface area contributed by atoms with E-state index in [-0.39, 0.29) is 17.6 Å². The smallest absolute Gasteiger partial charge is 0.225 e. The summed E-state index contributed by atoms with van der Waals surface area (Å²) in [5, 5.41) is 0. The van der Waals surface area contributed by atoms with Gasteiger partial charge in [0.1, 0.15) is 17.5 Å². The molecule has 8 nitrogen and oxygen atoms in total. The molecule has 6 N–H and O–H groups in total. The van der Waals surface area contributed by atoms with E-state index in [9.17, 15) is 4.79 Å². The van der Waals surface area contributed by atoms with Gasteiger partial charge in [0.25, 0.3) is 0 Å². The maximum Gasteiger partial charge on any atom is 0.225 e. The molecule has 2 aliphatic heterocycles. The lowest BCUT2D eigenvalue weighted by Gasteiger charge is -2.37. The average molecular weight is 436 g/mol. The first-order chi connectivity index (χ1) is 15.3. The molecule has 2 saturated heterocycles. The van der Waals surface area contributed by atoms with E-state index >= 15 is 0 Å². The molecular formula is C24H33N7O. The Morgan fingerprint density at radius 2 is 1.81 bits per heavy atom. The Morgan fingerprint density at radius 1 is 1.12 bits per heavy atom. The molecule has 2 aliphatic rings. The van der Waals surface area contributed by atoms with Crippen molar-refractivity contribution in [2.75, 3.05) is 31.9 Å². The highest BCUT2D eigenvalue weighted by Crippen LogP contribution is 2.24. The number of carbonyl (C=O) groups excluding carboxylic acids is 1. The number of nitrogen functional groups attached to an aromatic ring is 1. The van der Waals surface area contributed by atoms with Gasteiger partial charge in [0.2, 0.25) is 5.91 Å². The van der Waals surface area contributed by atoms with Gasteiger partial charge in [-0.2, -0.15) is 0 Å². The highest BCUT2D eigenvalue weighted by Gasteiger charge is 2.31. The monoisotopic (exact) mass is 435 g/mol. The second-order valence-electron chi connectivity index (χ2n) is 8.35. The molecule has 0 saturated carbocycles. The Balaban J connectivity index is 1.76. The topological polar surface area (TPSA) is 127 Å². The number of amides is 1. The van der Waals surface area contributed by atoms with Gasteiger partial charge < -0.3 is 27.0 Å². The number of amidine groups is 1. The quantitative estimate of drug-likeness (QED) is 0.377. The Morgan fingerprint density at radius 3 is 2.38 bits per heavy atom. The fraction of sp³-hybridized carbons (Fsp3) is 0.458. The van der Waals surface area contributed by atoms with Crippen LogP contribution >= 0.6 is 0 Å². The minimum absolute atomic E-state index is 0.0463. The third-order valence-electron chi connectivity index (χ3n) is 5.80. The van der Waals surface area contributed by atoms with Crippen molar-refractivity contribution in [1.82, 2.24) is 14.8 Å². The number of carbonyl (C=O) groups is 1. The number of aliphatic imine (C=N–C) groups is 1. The summed E-state index contributed by atoms with van der Waals surface area (Å²) in [6, 6.07) is 3.50. The van der Waals surface area contributed by atoms with E-state index in [0.717, 1.165) is 44.3 Å². The summed E-state index contributed by atoms with van der Waals surface area (Å²) in [4.78, 5) is 25.6. The zero-order chi connectivity index (χ0) is 23.1. The minimum atomic E-state index is 0.0463. The van der Waals surface area contributed by atoms with Crippen molar-refractivity contribution in [1.29, 1.82) is 0 Å². The van der Waals surface area contributed by atoms with Gasteiger partial charge in [-0.3, -0.25) is 4.79 Å². The molecular weight excluding hydrogens is 402 g/mol. The SMILES string of the molecule is C=C(N)/N=C(\C(C#Cc1ccc(N)nc1)=C(\C)N)N1CCC(C(=O)N2CCCCC2)CC1. The summed E-state index contributed by atoms with van der Waals surface area (Å²) in [5.41, 5.74) is 19.5. The van der Waals surface area contributed by atoms with E-state index in [4.69, 9.17) is 17.2 Å². The molecule has 3 rings (SSSR count). The highest BCUT2D eigenvalue weighted by atomic mass is 16.2. The van der Waals surface area contributed by atoms with Crippen LogP contribution in [-0.2, 0) is 4.79 Å². The maximum absolute atomic E-state index is 12.9. The number of likely N-dealkylation sites (tertiary alicyclic amines) is 2. The summed E-state index contributed by atoms with van der Waals surface area (Å²) in [7, 11) is 0. The van der Waals surface area contributed by atoms with E-state index in [1.807, 2.05) is 4.90 Å². The summed E-state index contributed by atoms with van der Waals surface area (Å²) >= 11 is 0. The molecule has 0 unspecified atom stereocenters. The lowest BCUT2D eigenvalue weighted by Crippen LogP contribution is -2.46. The molecule has 170 valence electrons. The molecule has 0 bridgehead atoms. The van der Waals surface area contributed by atoms with Crippen LogP contribution in [-0.4, -0.2) is 52.7 Å². The number of hydrogen-bond donors (Lipinski definition) is 3. The minimum Gasteiger partial charge on any atom is -0.401 e. The van der Waals surface area contributed by atoms with Crippen molar-refractivity contribution in [2.45, 2.75) is 39.0 Å². The summed E-state index contributed by atoms with van der Waals surface area (Å²) < 4.78 is 0. The van der Waals surface area contributed by atoms with Crippen molar-refractivity contribution in [3.8, 4) is 11.8 Å². The number of piperidine rings is 2. The van der Waals surface area contributed by atoms with Crippen molar-refractivity contribution in [2.24, 2.45) is 22.4 Å². The van der Waals surface area contributed by atoms with Crippen LogP contribution in [0.3, 0.4) is 0 Å². The normalized spacial score (nSPS) is 18.5. The zero-order valence-corrected chi connectivity index (χ0v) is 18.8. The van der Waals surface area contributed by atoms with Crippen molar-refractivity contribution >= 4 is 17.6 Å². The second kappa shape index (κ2) is 10.7. The molecule has 0 spiro atoms. The van der Waals surface area contributed by atoms with E-state index in [1.54, 1.807) is 25.3 Å². The molecule has 1 aromatic rings. The first-order valence-electron chi connectivity index (χ1n) is 11.1. The van der Waals surface area contributed by atoms with E-state index < -0.39 is 0 Å². The number of aromatic nitrogens is 1. The van der Waals surface area contributed by atoms with Crippen LogP contribution in [0.2, 0.25) is 0 Å². The van der Waals surface area contributed by atoms with Crippen LogP contribution in [0.5, 0.6) is 0 Å². The zero-order valence-electron chi connectivity index (χ0n) is 18.8. The van der Waals surface area contributed by atoms with Crippen molar-refractivity contribution < 1.29 is 4.79 Å². The molecule has 1 amide bonds.